The van der Waals surface area contributed by atoms with Crippen LogP contribution in [-0.4, -0.2) is 0 Å². The first-order valence-corrected chi connectivity index (χ1v) is 5.97. The maximum Gasteiger partial charge on any atom is -0.0351 e. The van der Waals surface area contributed by atoms with Crippen molar-refractivity contribution in [3.63, 3.8) is 0 Å². The zero-order valence-electron chi connectivity index (χ0n) is 9.10. The van der Waals surface area contributed by atoms with Crippen LogP contribution in [0.15, 0.2) is 12.7 Å². The molecule has 0 atom stereocenters. The van der Waals surface area contributed by atoms with Gasteiger partial charge in [-0.05, 0) is 24.7 Å². The van der Waals surface area contributed by atoms with E-state index in [1.165, 1.54) is 51.4 Å². The van der Waals surface area contributed by atoms with Gasteiger partial charge >= 0.3 is 0 Å². The maximum absolute atomic E-state index is 3.79. The summed E-state index contributed by atoms with van der Waals surface area (Å²) in [5.74, 6) is 2.08. The zero-order valence-corrected chi connectivity index (χ0v) is 9.10. The van der Waals surface area contributed by atoms with Gasteiger partial charge in [0.1, 0.15) is 0 Å². The van der Waals surface area contributed by atoms with Crippen molar-refractivity contribution in [3.05, 3.63) is 12.7 Å². The van der Waals surface area contributed by atoms with Crippen LogP contribution < -0.4 is 0 Å². The fourth-order valence-corrected chi connectivity index (χ4v) is 2.57. The second kappa shape index (κ2) is 6.23. The summed E-state index contributed by atoms with van der Waals surface area (Å²) in [5.41, 5.74) is 0. The molecule has 0 nitrogen and oxygen atoms in total. The summed E-state index contributed by atoms with van der Waals surface area (Å²) in [6.45, 7) is 6.10. The van der Waals surface area contributed by atoms with Gasteiger partial charge in [-0.3, -0.25) is 0 Å². The van der Waals surface area contributed by atoms with Crippen molar-refractivity contribution in [3.8, 4) is 0 Å². The summed E-state index contributed by atoms with van der Waals surface area (Å²) in [6.07, 6.45) is 13.5. The first-order chi connectivity index (χ1) is 6.36. The minimum atomic E-state index is 1.02. The van der Waals surface area contributed by atoms with Crippen LogP contribution in [0.5, 0.6) is 0 Å². The third-order valence-corrected chi connectivity index (χ3v) is 3.44. The van der Waals surface area contributed by atoms with E-state index in [1.807, 2.05) is 0 Å². The molecule has 1 saturated carbocycles. The van der Waals surface area contributed by atoms with Crippen molar-refractivity contribution >= 4 is 0 Å². The number of allylic oxidation sites excluding steroid dienone is 1. The van der Waals surface area contributed by atoms with E-state index in [-0.39, 0.29) is 0 Å². The molecule has 0 aromatic carbocycles. The topological polar surface area (TPSA) is 0 Å². The van der Waals surface area contributed by atoms with Crippen molar-refractivity contribution in [1.82, 2.24) is 0 Å². The predicted molar refractivity (Wildman–Crippen MR) is 59.8 cm³/mol. The van der Waals surface area contributed by atoms with E-state index in [2.05, 4.69) is 19.6 Å². The van der Waals surface area contributed by atoms with E-state index in [0.29, 0.717) is 0 Å². The summed E-state index contributed by atoms with van der Waals surface area (Å²) in [5, 5.41) is 0. The number of hydrogen-bond acceptors (Lipinski definition) is 0. The Morgan fingerprint density at radius 3 is 2.08 bits per heavy atom. The molecule has 0 radical (unpaired) electrons. The summed E-state index contributed by atoms with van der Waals surface area (Å²) >= 11 is 0. The van der Waals surface area contributed by atoms with Gasteiger partial charge in [0.05, 0.1) is 0 Å². The number of hydrogen-bond donors (Lipinski definition) is 0. The Morgan fingerprint density at radius 2 is 1.62 bits per heavy atom. The highest BCUT2D eigenvalue weighted by atomic mass is 14.2. The minimum absolute atomic E-state index is 1.02. The fourth-order valence-electron chi connectivity index (χ4n) is 2.57. The third-order valence-electron chi connectivity index (χ3n) is 3.44. The summed E-state index contributed by atoms with van der Waals surface area (Å²) < 4.78 is 0. The average Bonchev–Trinajstić information content (AvgIpc) is 2.17. The molecule has 0 saturated heterocycles. The third kappa shape index (κ3) is 3.97. The Labute approximate surface area is 83.4 Å². The molecule has 13 heavy (non-hydrogen) atoms. The van der Waals surface area contributed by atoms with Gasteiger partial charge in [0.15, 0.2) is 0 Å². The molecule has 1 rings (SSSR count). The molecule has 0 aromatic rings. The van der Waals surface area contributed by atoms with Gasteiger partial charge < -0.3 is 0 Å². The van der Waals surface area contributed by atoms with Crippen LogP contribution in [-0.2, 0) is 0 Å². The highest BCUT2D eigenvalue weighted by molar-refractivity contribution is 4.75. The highest BCUT2D eigenvalue weighted by Gasteiger charge is 2.19. The Morgan fingerprint density at radius 1 is 1.08 bits per heavy atom. The molecule has 0 spiro atoms. The largest absolute Gasteiger partial charge is 0.103 e. The van der Waals surface area contributed by atoms with Gasteiger partial charge in [0.2, 0.25) is 0 Å². The monoisotopic (exact) mass is 180 g/mol. The SMILES string of the molecule is C=CCCC1CCC(CCC)CC1. The van der Waals surface area contributed by atoms with Crippen LogP contribution in [0.25, 0.3) is 0 Å². The molecule has 0 unspecified atom stereocenters. The Kier molecular flexibility index (Phi) is 5.19. The van der Waals surface area contributed by atoms with E-state index in [1.54, 1.807) is 0 Å². The normalized spacial score (nSPS) is 28.7. The molecule has 1 fully saturated rings. The van der Waals surface area contributed by atoms with Crippen LogP contribution in [0, 0.1) is 11.8 Å². The van der Waals surface area contributed by atoms with E-state index >= 15 is 0 Å². The van der Waals surface area contributed by atoms with Gasteiger partial charge in [0, 0.05) is 0 Å². The van der Waals surface area contributed by atoms with E-state index in [9.17, 15) is 0 Å². The van der Waals surface area contributed by atoms with Gasteiger partial charge in [-0.2, -0.15) is 0 Å². The molecular formula is C13H24. The molecule has 76 valence electrons. The fraction of sp³-hybridized carbons (Fsp3) is 0.846. The van der Waals surface area contributed by atoms with E-state index in [4.69, 9.17) is 0 Å². The molecule has 0 heteroatoms. The lowest BCUT2D eigenvalue weighted by Gasteiger charge is -2.28. The van der Waals surface area contributed by atoms with E-state index < -0.39 is 0 Å². The standard InChI is InChI=1S/C13H24/c1-3-5-7-13-10-8-12(6-4-2)9-11-13/h3,12-13H,1,4-11H2,2H3. The van der Waals surface area contributed by atoms with Gasteiger partial charge in [0.25, 0.3) is 0 Å². The van der Waals surface area contributed by atoms with Crippen molar-refractivity contribution in [2.75, 3.05) is 0 Å². The molecule has 1 aliphatic rings. The van der Waals surface area contributed by atoms with Crippen LogP contribution >= 0.6 is 0 Å². The van der Waals surface area contributed by atoms with Gasteiger partial charge in [-0.25, -0.2) is 0 Å². The Hall–Kier alpha value is -0.260. The maximum atomic E-state index is 3.79. The minimum Gasteiger partial charge on any atom is -0.103 e. The molecule has 0 amide bonds. The molecule has 0 N–H and O–H groups in total. The van der Waals surface area contributed by atoms with Crippen LogP contribution in [0.4, 0.5) is 0 Å². The first kappa shape index (κ1) is 10.8. The Bertz CT molecular complexity index is 129. The van der Waals surface area contributed by atoms with Crippen LogP contribution in [0.1, 0.15) is 58.3 Å². The van der Waals surface area contributed by atoms with Gasteiger partial charge in [-0.15, -0.1) is 6.58 Å². The second-order valence-corrected chi connectivity index (χ2v) is 4.54. The van der Waals surface area contributed by atoms with Crippen molar-refractivity contribution in [2.24, 2.45) is 11.8 Å². The lowest BCUT2D eigenvalue weighted by Crippen LogP contribution is -2.14. The smallest absolute Gasteiger partial charge is 0.0351 e. The summed E-state index contributed by atoms with van der Waals surface area (Å²) in [7, 11) is 0. The predicted octanol–water partition coefficient (Wildman–Crippen LogP) is 4.56. The average molecular weight is 180 g/mol. The van der Waals surface area contributed by atoms with Crippen molar-refractivity contribution in [2.45, 2.75) is 58.3 Å². The molecule has 0 bridgehead atoms. The Balaban J connectivity index is 2.11. The molecule has 0 aliphatic heterocycles. The van der Waals surface area contributed by atoms with Crippen molar-refractivity contribution < 1.29 is 0 Å². The quantitative estimate of drug-likeness (QED) is 0.544. The molecule has 0 aromatic heterocycles. The van der Waals surface area contributed by atoms with E-state index in [0.717, 1.165) is 11.8 Å². The first-order valence-electron chi connectivity index (χ1n) is 5.97. The van der Waals surface area contributed by atoms with Crippen LogP contribution in [0.2, 0.25) is 0 Å². The zero-order chi connectivity index (χ0) is 9.52. The lowest BCUT2D eigenvalue weighted by atomic mass is 9.78. The summed E-state index contributed by atoms with van der Waals surface area (Å²) in [4.78, 5) is 0. The highest BCUT2D eigenvalue weighted by Crippen LogP contribution is 2.33. The molecular weight excluding hydrogens is 156 g/mol. The lowest BCUT2D eigenvalue weighted by molar-refractivity contribution is 0.253. The van der Waals surface area contributed by atoms with Crippen LogP contribution in [0.3, 0.4) is 0 Å². The second-order valence-electron chi connectivity index (χ2n) is 4.54. The molecule has 1 aliphatic carbocycles. The van der Waals surface area contributed by atoms with Crippen molar-refractivity contribution in [1.29, 1.82) is 0 Å². The van der Waals surface area contributed by atoms with Gasteiger partial charge in [-0.1, -0.05) is 51.5 Å². The summed E-state index contributed by atoms with van der Waals surface area (Å²) in [6, 6.07) is 0. The molecule has 0 heterocycles. The number of rotatable bonds is 5.